The molecule has 0 bridgehead atoms. The summed E-state index contributed by atoms with van der Waals surface area (Å²) in [5, 5.41) is 2.07. The van der Waals surface area contributed by atoms with E-state index < -0.39 is 0 Å². The van der Waals surface area contributed by atoms with Crippen LogP contribution < -0.4 is 5.56 Å². The molecule has 3 rings (SSSR count). The first-order valence-corrected chi connectivity index (χ1v) is 7.64. The van der Waals surface area contributed by atoms with E-state index in [0.717, 1.165) is 0 Å². The fraction of sp³-hybridized carbons (Fsp3) is 0.143. The second-order valence-electron chi connectivity index (χ2n) is 4.68. The highest BCUT2D eigenvalue weighted by molar-refractivity contribution is 7.17. The predicted molar refractivity (Wildman–Crippen MR) is 85.3 cm³/mol. The smallest absolute Gasteiger partial charge is 0.268 e. The van der Waals surface area contributed by atoms with Crippen molar-refractivity contribution in [3.8, 4) is 0 Å². The molecule has 3 heterocycles. The number of pyridine rings is 1. The lowest BCUT2D eigenvalue weighted by atomic mass is 10.2. The van der Waals surface area contributed by atoms with Gasteiger partial charge in [0.1, 0.15) is 15.7 Å². The highest BCUT2D eigenvalue weighted by Gasteiger charge is 2.14. The molecule has 0 unspecified atom stereocenters. The van der Waals surface area contributed by atoms with Crippen molar-refractivity contribution in [2.24, 2.45) is 0 Å². The SMILES string of the molecule is CN(Cc1nc2ccsc2c(=O)[nH]1)C(=O)c1ccnc(Cl)c1. The van der Waals surface area contributed by atoms with E-state index in [2.05, 4.69) is 15.0 Å². The Morgan fingerprint density at radius 2 is 2.27 bits per heavy atom. The Kier molecular flexibility index (Phi) is 3.91. The number of carbonyl (C=O) groups is 1. The maximum atomic E-state index is 12.3. The maximum Gasteiger partial charge on any atom is 0.268 e. The third-order valence-corrected chi connectivity index (χ3v) is 4.18. The van der Waals surface area contributed by atoms with E-state index in [-0.39, 0.29) is 23.2 Å². The number of amides is 1. The number of aromatic nitrogens is 3. The monoisotopic (exact) mass is 334 g/mol. The van der Waals surface area contributed by atoms with Crippen molar-refractivity contribution in [3.05, 3.63) is 56.7 Å². The Balaban J connectivity index is 1.84. The average molecular weight is 335 g/mol. The van der Waals surface area contributed by atoms with Gasteiger partial charge in [-0.3, -0.25) is 9.59 Å². The molecule has 112 valence electrons. The standard InChI is InChI=1S/C14H11ClN4O2S/c1-19(14(21)8-2-4-16-10(15)6-8)7-11-17-9-3-5-22-12(9)13(20)18-11/h2-6H,7H2,1H3,(H,17,18,20). The zero-order valence-electron chi connectivity index (χ0n) is 11.5. The summed E-state index contributed by atoms with van der Waals surface area (Å²) < 4.78 is 0.582. The molecule has 0 saturated carbocycles. The van der Waals surface area contributed by atoms with Crippen LogP contribution in [-0.4, -0.2) is 32.8 Å². The number of nitrogens with one attached hydrogen (secondary N) is 1. The molecule has 0 aliphatic carbocycles. The van der Waals surface area contributed by atoms with Crippen molar-refractivity contribution in [3.63, 3.8) is 0 Å². The van der Waals surface area contributed by atoms with Crippen molar-refractivity contribution >= 4 is 39.1 Å². The summed E-state index contributed by atoms with van der Waals surface area (Å²) in [5.74, 6) is 0.212. The molecule has 0 spiro atoms. The summed E-state index contributed by atoms with van der Waals surface area (Å²) >= 11 is 7.12. The quantitative estimate of drug-likeness (QED) is 0.745. The fourth-order valence-corrected chi connectivity index (χ4v) is 2.95. The molecule has 0 atom stereocenters. The molecule has 1 amide bonds. The molecule has 3 aromatic heterocycles. The number of carbonyl (C=O) groups excluding carboxylic acids is 1. The van der Waals surface area contributed by atoms with Crippen molar-refractivity contribution in [1.82, 2.24) is 19.9 Å². The lowest BCUT2D eigenvalue weighted by molar-refractivity contribution is 0.0781. The lowest BCUT2D eigenvalue weighted by Crippen LogP contribution is -2.28. The van der Waals surface area contributed by atoms with E-state index in [9.17, 15) is 9.59 Å². The Morgan fingerprint density at radius 3 is 3.05 bits per heavy atom. The molecule has 0 fully saturated rings. The van der Waals surface area contributed by atoms with Crippen LogP contribution in [0.25, 0.3) is 10.2 Å². The minimum atomic E-state index is -0.225. The van der Waals surface area contributed by atoms with Gasteiger partial charge in [-0.05, 0) is 23.6 Å². The van der Waals surface area contributed by atoms with Crippen LogP contribution >= 0.6 is 22.9 Å². The number of nitrogens with zero attached hydrogens (tertiary/aromatic N) is 3. The van der Waals surface area contributed by atoms with E-state index in [0.29, 0.717) is 21.6 Å². The van der Waals surface area contributed by atoms with E-state index in [1.165, 1.54) is 28.5 Å². The Labute approximate surface area is 134 Å². The molecular weight excluding hydrogens is 324 g/mol. The lowest BCUT2D eigenvalue weighted by Gasteiger charge is -2.16. The van der Waals surface area contributed by atoms with Crippen LogP contribution in [0.15, 0.2) is 34.6 Å². The molecular formula is C14H11ClN4O2S. The summed E-state index contributed by atoms with van der Waals surface area (Å²) in [4.78, 5) is 36.6. The van der Waals surface area contributed by atoms with Gasteiger partial charge in [0.15, 0.2) is 0 Å². The molecule has 3 aromatic rings. The number of hydrogen-bond donors (Lipinski definition) is 1. The zero-order chi connectivity index (χ0) is 15.7. The van der Waals surface area contributed by atoms with Crippen LogP contribution in [0.1, 0.15) is 16.2 Å². The minimum Gasteiger partial charge on any atom is -0.334 e. The maximum absolute atomic E-state index is 12.3. The molecule has 0 aliphatic heterocycles. The van der Waals surface area contributed by atoms with Crippen molar-refractivity contribution in [2.45, 2.75) is 6.54 Å². The summed E-state index contributed by atoms with van der Waals surface area (Å²) in [6.45, 7) is 0.194. The number of rotatable bonds is 3. The first-order valence-electron chi connectivity index (χ1n) is 6.38. The van der Waals surface area contributed by atoms with E-state index in [4.69, 9.17) is 11.6 Å². The summed E-state index contributed by atoms with van der Waals surface area (Å²) in [6, 6.07) is 4.87. The van der Waals surface area contributed by atoms with Crippen LogP contribution in [0.3, 0.4) is 0 Å². The van der Waals surface area contributed by atoms with Gasteiger partial charge in [0.25, 0.3) is 11.5 Å². The number of aromatic amines is 1. The second kappa shape index (κ2) is 5.86. The van der Waals surface area contributed by atoms with Crippen LogP contribution in [0.4, 0.5) is 0 Å². The van der Waals surface area contributed by atoms with Gasteiger partial charge in [-0.25, -0.2) is 9.97 Å². The average Bonchev–Trinajstić information content (AvgIpc) is 2.95. The van der Waals surface area contributed by atoms with Crippen LogP contribution in [-0.2, 0) is 6.54 Å². The fourth-order valence-electron chi connectivity index (χ4n) is 2.05. The van der Waals surface area contributed by atoms with E-state index in [1.807, 2.05) is 5.38 Å². The zero-order valence-corrected chi connectivity index (χ0v) is 13.1. The largest absolute Gasteiger partial charge is 0.334 e. The van der Waals surface area contributed by atoms with E-state index in [1.54, 1.807) is 19.2 Å². The third-order valence-electron chi connectivity index (χ3n) is 3.07. The third kappa shape index (κ3) is 2.86. The summed E-state index contributed by atoms with van der Waals surface area (Å²) in [6.07, 6.45) is 1.47. The summed E-state index contributed by atoms with van der Waals surface area (Å²) in [5.41, 5.74) is 0.876. The molecule has 6 nitrogen and oxygen atoms in total. The Morgan fingerprint density at radius 1 is 1.45 bits per heavy atom. The first kappa shape index (κ1) is 14.7. The van der Waals surface area contributed by atoms with Gasteiger partial charge in [0.2, 0.25) is 0 Å². The predicted octanol–water partition coefficient (Wildman–Crippen LogP) is 2.31. The molecule has 0 saturated heterocycles. The van der Waals surface area contributed by atoms with Crippen molar-refractivity contribution in [1.29, 1.82) is 0 Å². The topological polar surface area (TPSA) is 79.0 Å². The van der Waals surface area contributed by atoms with Crippen LogP contribution in [0.2, 0.25) is 5.15 Å². The van der Waals surface area contributed by atoms with Gasteiger partial charge >= 0.3 is 0 Å². The molecule has 1 N–H and O–H groups in total. The number of H-pyrrole nitrogens is 1. The molecule has 8 heteroatoms. The molecule has 0 radical (unpaired) electrons. The van der Waals surface area contributed by atoms with Gasteiger partial charge in [-0.15, -0.1) is 11.3 Å². The van der Waals surface area contributed by atoms with Crippen LogP contribution in [0.5, 0.6) is 0 Å². The molecule has 22 heavy (non-hydrogen) atoms. The molecule has 0 aromatic carbocycles. The Hall–Kier alpha value is -2.25. The highest BCUT2D eigenvalue weighted by Crippen LogP contribution is 2.15. The van der Waals surface area contributed by atoms with Gasteiger partial charge < -0.3 is 9.88 Å². The van der Waals surface area contributed by atoms with Gasteiger partial charge in [0, 0.05) is 18.8 Å². The second-order valence-corrected chi connectivity index (χ2v) is 5.98. The van der Waals surface area contributed by atoms with Gasteiger partial charge in [-0.1, -0.05) is 11.6 Å². The first-order chi connectivity index (χ1) is 10.5. The highest BCUT2D eigenvalue weighted by atomic mass is 35.5. The van der Waals surface area contributed by atoms with Crippen molar-refractivity contribution in [2.75, 3.05) is 7.05 Å². The molecule has 0 aliphatic rings. The van der Waals surface area contributed by atoms with Crippen LogP contribution in [0, 0.1) is 0 Å². The number of hydrogen-bond acceptors (Lipinski definition) is 5. The van der Waals surface area contributed by atoms with Gasteiger partial charge in [0.05, 0.1) is 12.1 Å². The number of thiophene rings is 1. The number of halogens is 1. The van der Waals surface area contributed by atoms with E-state index >= 15 is 0 Å². The Bertz CT molecular complexity index is 905. The normalized spacial score (nSPS) is 10.8. The summed E-state index contributed by atoms with van der Waals surface area (Å²) in [7, 11) is 1.63. The van der Waals surface area contributed by atoms with Crippen molar-refractivity contribution < 1.29 is 4.79 Å². The number of fused-ring (bicyclic) bond motifs is 1. The minimum absolute atomic E-state index is 0.192. The van der Waals surface area contributed by atoms with Gasteiger partial charge in [-0.2, -0.15) is 0 Å².